The standard InChI is InChI=1S/C12H11BrN4O2/c13-9-4-15-17(5-9)10-6-16(7-10)12(19)8-1-2-14-11(18)3-8/h1-5,10H,6-7H2,(H,14,18). The predicted octanol–water partition coefficient (Wildman–Crippen LogP) is 1.03. The number of halogens is 1. The molecule has 0 unspecified atom stereocenters. The van der Waals surface area contributed by atoms with Crippen molar-refractivity contribution >= 4 is 21.8 Å². The Balaban J connectivity index is 1.67. The van der Waals surface area contributed by atoms with Crippen molar-refractivity contribution in [2.75, 3.05) is 13.1 Å². The fraction of sp³-hybridized carbons (Fsp3) is 0.250. The average Bonchev–Trinajstić information content (AvgIpc) is 2.73. The molecule has 98 valence electrons. The summed E-state index contributed by atoms with van der Waals surface area (Å²) in [5, 5.41) is 4.20. The predicted molar refractivity (Wildman–Crippen MR) is 71.9 cm³/mol. The highest BCUT2D eigenvalue weighted by atomic mass is 79.9. The number of pyridine rings is 1. The molecule has 6 nitrogen and oxygen atoms in total. The average molecular weight is 323 g/mol. The zero-order valence-electron chi connectivity index (χ0n) is 9.91. The second kappa shape index (κ2) is 4.65. The molecule has 19 heavy (non-hydrogen) atoms. The summed E-state index contributed by atoms with van der Waals surface area (Å²) in [4.78, 5) is 27.5. The maximum absolute atomic E-state index is 12.1. The maximum atomic E-state index is 12.1. The van der Waals surface area contributed by atoms with Crippen molar-refractivity contribution in [2.24, 2.45) is 0 Å². The molecular weight excluding hydrogens is 312 g/mol. The van der Waals surface area contributed by atoms with E-state index in [9.17, 15) is 9.59 Å². The highest BCUT2D eigenvalue weighted by Gasteiger charge is 2.32. The van der Waals surface area contributed by atoms with E-state index in [0.717, 1.165) is 4.47 Å². The number of carbonyl (C=O) groups excluding carboxylic acids is 1. The van der Waals surface area contributed by atoms with Crippen molar-refractivity contribution in [3.8, 4) is 0 Å². The van der Waals surface area contributed by atoms with Crippen molar-refractivity contribution in [2.45, 2.75) is 6.04 Å². The molecule has 3 rings (SSSR count). The maximum Gasteiger partial charge on any atom is 0.254 e. The smallest absolute Gasteiger partial charge is 0.254 e. The van der Waals surface area contributed by atoms with Crippen LogP contribution >= 0.6 is 15.9 Å². The summed E-state index contributed by atoms with van der Waals surface area (Å²) in [5.41, 5.74) is 0.155. The molecule has 1 fully saturated rings. The second-order valence-corrected chi connectivity index (χ2v) is 5.36. The molecule has 1 N–H and O–H groups in total. The zero-order valence-corrected chi connectivity index (χ0v) is 11.5. The first-order chi connectivity index (χ1) is 9.13. The summed E-state index contributed by atoms with van der Waals surface area (Å²) in [5.74, 6) is -0.117. The number of hydrogen-bond acceptors (Lipinski definition) is 3. The van der Waals surface area contributed by atoms with Gasteiger partial charge < -0.3 is 9.88 Å². The van der Waals surface area contributed by atoms with Crippen LogP contribution in [0.5, 0.6) is 0 Å². The van der Waals surface area contributed by atoms with Gasteiger partial charge in [-0.05, 0) is 22.0 Å². The van der Waals surface area contributed by atoms with E-state index in [1.54, 1.807) is 17.2 Å². The molecule has 0 saturated carbocycles. The Morgan fingerprint density at radius 2 is 2.26 bits per heavy atom. The van der Waals surface area contributed by atoms with Gasteiger partial charge in [-0.1, -0.05) is 0 Å². The topological polar surface area (TPSA) is 71.0 Å². The lowest BCUT2D eigenvalue weighted by molar-refractivity contribution is 0.0501. The third-order valence-electron chi connectivity index (χ3n) is 3.12. The van der Waals surface area contributed by atoms with Crippen LogP contribution < -0.4 is 5.56 Å². The van der Waals surface area contributed by atoms with Crippen LogP contribution in [-0.2, 0) is 0 Å². The van der Waals surface area contributed by atoms with Crippen molar-refractivity contribution in [3.63, 3.8) is 0 Å². The van der Waals surface area contributed by atoms with Gasteiger partial charge in [-0.2, -0.15) is 5.10 Å². The van der Waals surface area contributed by atoms with E-state index in [1.807, 2.05) is 10.9 Å². The molecule has 1 aliphatic heterocycles. The molecule has 0 spiro atoms. The van der Waals surface area contributed by atoms with Gasteiger partial charge in [-0.3, -0.25) is 14.3 Å². The lowest BCUT2D eigenvalue weighted by Gasteiger charge is -2.39. The first kappa shape index (κ1) is 12.2. The number of hydrogen-bond donors (Lipinski definition) is 1. The molecule has 1 amide bonds. The first-order valence-electron chi connectivity index (χ1n) is 5.81. The summed E-state index contributed by atoms with van der Waals surface area (Å²) in [6, 6.07) is 3.14. The third-order valence-corrected chi connectivity index (χ3v) is 3.53. The zero-order chi connectivity index (χ0) is 13.4. The number of nitrogens with one attached hydrogen (secondary N) is 1. The van der Waals surface area contributed by atoms with Gasteiger partial charge in [0.15, 0.2) is 0 Å². The Kier molecular flexibility index (Phi) is 2.98. The van der Waals surface area contributed by atoms with Gasteiger partial charge in [0.1, 0.15) is 0 Å². The van der Waals surface area contributed by atoms with Crippen molar-refractivity contribution in [1.82, 2.24) is 19.7 Å². The van der Waals surface area contributed by atoms with Crippen molar-refractivity contribution < 1.29 is 4.79 Å². The SMILES string of the molecule is O=C(c1cc[nH]c(=O)c1)N1CC(n2cc(Br)cn2)C1. The minimum absolute atomic E-state index is 0.117. The number of aromatic nitrogens is 3. The van der Waals surface area contributed by atoms with Gasteiger partial charge in [0.2, 0.25) is 5.56 Å². The summed E-state index contributed by atoms with van der Waals surface area (Å²) in [7, 11) is 0. The van der Waals surface area contributed by atoms with E-state index in [0.29, 0.717) is 18.7 Å². The fourth-order valence-electron chi connectivity index (χ4n) is 2.06. The summed E-state index contributed by atoms with van der Waals surface area (Å²) in [6.07, 6.45) is 5.10. The summed E-state index contributed by atoms with van der Waals surface area (Å²) >= 11 is 3.34. The molecule has 1 aliphatic rings. The lowest BCUT2D eigenvalue weighted by atomic mass is 10.1. The lowest BCUT2D eigenvalue weighted by Crippen LogP contribution is -2.51. The van der Waals surface area contributed by atoms with Crippen molar-refractivity contribution in [1.29, 1.82) is 0 Å². The molecule has 0 radical (unpaired) electrons. The van der Waals surface area contributed by atoms with Gasteiger partial charge >= 0.3 is 0 Å². The molecular formula is C12H11BrN4O2. The minimum atomic E-state index is -0.265. The largest absolute Gasteiger partial charge is 0.334 e. The van der Waals surface area contributed by atoms with Crippen LogP contribution in [0, 0.1) is 0 Å². The van der Waals surface area contributed by atoms with E-state index in [1.165, 1.54) is 12.3 Å². The van der Waals surface area contributed by atoms with E-state index in [4.69, 9.17) is 0 Å². The number of amides is 1. The summed E-state index contributed by atoms with van der Waals surface area (Å²) < 4.78 is 2.76. The molecule has 0 atom stereocenters. The molecule has 7 heteroatoms. The molecule has 2 aromatic rings. The van der Waals surface area contributed by atoms with Crippen LogP contribution in [0.25, 0.3) is 0 Å². The van der Waals surface area contributed by atoms with Gasteiger partial charge in [-0.25, -0.2) is 0 Å². The molecule has 3 heterocycles. The fourth-order valence-corrected chi connectivity index (χ4v) is 2.36. The van der Waals surface area contributed by atoms with E-state index < -0.39 is 0 Å². The van der Waals surface area contributed by atoms with E-state index in [2.05, 4.69) is 26.0 Å². The Morgan fingerprint density at radius 1 is 1.47 bits per heavy atom. The number of carbonyl (C=O) groups is 1. The first-order valence-corrected chi connectivity index (χ1v) is 6.60. The number of rotatable bonds is 2. The number of aromatic amines is 1. The number of likely N-dealkylation sites (tertiary alicyclic amines) is 1. The van der Waals surface area contributed by atoms with Crippen LogP contribution in [0.15, 0.2) is 40.0 Å². The third kappa shape index (κ3) is 2.33. The molecule has 0 aliphatic carbocycles. The minimum Gasteiger partial charge on any atom is -0.334 e. The molecule has 2 aromatic heterocycles. The van der Waals surface area contributed by atoms with E-state index >= 15 is 0 Å². The molecule has 0 bridgehead atoms. The Labute approximate surface area is 117 Å². The van der Waals surface area contributed by atoms with Gasteiger partial charge in [-0.15, -0.1) is 0 Å². The summed E-state index contributed by atoms with van der Waals surface area (Å²) in [6.45, 7) is 1.22. The van der Waals surface area contributed by atoms with Crippen LogP contribution in [0.1, 0.15) is 16.4 Å². The molecule has 1 saturated heterocycles. The monoisotopic (exact) mass is 322 g/mol. The quantitative estimate of drug-likeness (QED) is 0.897. The van der Waals surface area contributed by atoms with Crippen LogP contribution in [0.3, 0.4) is 0 Å². The normalized spacial score (nSPS) is 15.3. The Morgan fingerprint density at radius 3 is 2.89 bits per heavy atom. The Hall–Kier alpha value is -1.89. The van der Waals surface area contributed by atoms with Gasteiger partial charge in [0.25, 0.3) is 5.91 Å². The van der Waals surface area contributed by atoms with E-state index in [-0.39, 0.29) is 17.5 Å². The second-order valence-electron chi connectivity index (χ2n) is 4.44. The number of nitrogens with zero attached hydrogens (tertiary/aromatic N) is 3. The number of H-pyrrole nitrogens is 1. The van der Waals surface area contributed by atoms with Crippen LogP contribution in [0.2, 0.25) is 0 Å². The van der Waals surface area contributed by atoms with Gasteiger partial charge in [0.05, 0.1) is 16.7 Å². The Bertz CT molecular complexity index is 672. The highest BCUT2D eigenvalue weighted by Crippen LogP contribution is 2.23. The molecule has 0 aromatic carbocycles. The van der Waals surface area contributed by atoms with Crippen LogP contribution in [0.4, 0.5) is 0 Å². The van der Waals surface area contributed by atoms with Gasteiger partial charge in [0, 0.05) is 37.1 Å². The van der Waals surface area contributed by atoms with Crippen molar-refractivity contribution in [3.05, 3.63) is 51.1 Å². The highest BCUT2D eigenvalue weighted by molar-refractivity contribution is 9.10. The van der Waals surface area contributed by atoms with Crippen LogP contribution in [-0.4, -0.2) is 38.7 Å².